The van der Waals surface area contributed by atoms with Crippen molar-refractivity contribution in [2.24, 2.45) is 0 Å². The number of anilines is 1. The van der Waals surface area contributed by atoms with Crippen LogP contribution in [-0.4, -0.2) is 16.5 Å². The van der Waals surface area contributed by atoms with Gasteiger partial charge in [-0.1, -0.05) is 30.3 Å². The highest BCUT2D eigenvalue weighted by Gasteiger charge is 2.23. The molecule has 0 radical (unpaired) electrons. The van der Waals surface area contributed by atoms with Gasteiger partial charge in [0, 0.05) is 18.5 Å². The molecule has 4 heterocycles. The van der Waals surface area contributed by atoms with Crippen LogP contribution in [0.25, 0.3) is 33.7 Å². The van der Waals surface area contributed by atoms with Gasteiger partial charge in [0.15, 0.2) is 11.5 Å². The summed E-state index contributed by atoms with van der Waals surface area (Å²) in [5.41, 5.74) is 2.47. The van der Waals surface area contributed by atoms with E-state index >= 15 is 0 Å². The van der Waals surface area contributed by atoms with Gasteiger partial charge in [-0.3, -0.25) is 0 Å². The summed E-state index contributed by atoms with van der Waals surface area (Å²) >= 11 is 0. The van der Waals surface area contributed by atoms with Crippen LogP contribution < -0.4 is 5.32 Å². The first kappa shape index (κ1) is 17.3. The van der Waals surface area contributed by atoms with Crippen molar-refractivity contribution in [2.45, 2.75) is 12.8 Å². The molecule has 1 N–H and O–H groups in total. The van der Waals surface area contributed by atoms with E-state index in [1.165, 1.54) is 6.33 Å². The molecule has 29 heavy (non-hydrogen) atoms. The summed E-state index contributed by atoms with van der Waals surface area (Å²) in [6.07, 6.45) is 6.63. The third kappa shape index (κ3) is 3.40. The molecule has 144 valence electrons. The van der Waals surface area contributed by atoms with Crippen molar-refractivity contribution in [3.63, 3.8) is 0 Å². The van der Waals surface area contributed by atoms with Gasteiger partial charge in [-0.25, -0.2) is 9.97 Å². The average Bonchev–Trinajstić information content (AvgIpc) is 3.52. The van der Waals surface area contributed by atoms with Crippen LogP contribution in [0.4, 0.5) is 5.82 Å². The summed E-state index contributed by atoms with van der Waals surface area (Å²) in [7, 11) is 0. The number of nitrogens with one attached hydrogen (secondary N) is 1. The van der Waals surface area contributed by atoms with E-state index in [2.05, 4.69) is 15.3 Å². The SMILES string of the molecule is c1ccc(-c2c(-c3ccco3)oc3ncnc(NCCCc4ccco4)c23)cc1. The quantitative estimate of drug-likeness (QED) is 0.357. The van der Waals surface area contributed by atoms with Crippen LogP contribution in [0.3, 0.4) is 0 Å². The minimum atomic E-state index is 0.527. The fraction of sp³-hybridized carbons (Fsp3) is 0.130. The Bertz CT molecular complexity index is 1190. The van der Waals surface area contributed by atoms with Crippen LogP contribution in [0.15, 0.2) is 86.7 Å². The monoisotopic (exact) mass is 385 g/mol. The molecule has 5 rings (SSSR count). The Labute approximate surface area is 167 Å². The minimum absolute atomic E-state index is 0.527. The zero-order chi connectivity index (χ0) is 19.5. The highest BCUT2D eigenvalue weighted by atomic mass is 16.4. The highest BCUT2D eigenvalue weighted by Crippen LogP contribution is 2.42. The average molecular weight is 385 g/mol. The lowest BCUT2D eigenvalue weighted by molar-refractivity contribution is 0.504. The predicted octanol–water partition coefficient (Wildman–Crippen LogP) is 5.79. The summed E-state index contributed by atoms with van der Waals surface area (Å²) < 4.78 is 17.1. The second-order valence-electron chi connectivity index (χ2n) is 6.66. The lowest BCUT2D eigenvalue weighted by atomic mass is 10.0. The van der Waals surface area contributed by atoms with Crippen LogP contribution in [-0.2, 0) is 6.42 Å². The van der Waals surface area contributed by atoms with Gasteiger partial charge in [-0.2, -0.15) is 0 Å². The maximum atomic E-state index is 6.10. The van der Waals surface area contributed by atoms with E-state index in [9.17, 15) is 0 Å². The Morgan fingerprint density at radius 3 is 2.52 bits per heavy atom. The standard InChI is InChI=1S/C23H19N3O3/c1-2-7-16(8-3-1)19-20-22(24-12-4-9-17-10-5-13-27-17)25-15-26-23(20)29-21(19)18-11-6-14-28-18/h1-3,5-8,10-11,13-15H,4,9,12H2,(H,24,25,26). The van der Waals surface area contributed by atoms with E-state index in [0.29, 0.717) is 17.2 Å². The second kappa shape index (κ2) is 7.67. The maximum absolute atomic E-state index is 6.10. The number of fused-ring (bicyclic) bond motifs is 1. The molecule has 0 unspecified atom stereocenters. The first-order chi connectivity index (χ1) is 14.4. The van der Waals surface area contributed by atoms with Crippen molar-refractivity contribution in [2.75, 3.05) is 11.9 Å². The van der Waals surface area contributed by atoms with Gasteiger partial charge in [-0.15, -0.1) is 0 Å². The molecule has 0 amide bonds. The topological polar surface area (TPSA) is 77.2 Å². The molecule has 0 aliphatic rings. The van der Waals surface area contributed by atoms with Crippen molar-refractivity contribution < 1.29 is 13.3 Å². The molecule has 0 spiro atoms. The molecule has 6 nitrogen and oxygen atoms in total. The molecule has 4 aromatic heterocycles. The second-order valence-corrected chi connectivity index (χ2v) is 6.66. The fourth-order valence-electron chi connectivity index (χ4n) is 3.45. The van der Waals surface area contributed by atoms with E-state index in [1.807, 2.05) is 54.6 Å². The van der Waals surface area contributed by atoms with Gasteiger partial charge in [0.05, 0.1) is 17.9 Å². The van der Waals surface area contributed by atoms with Gasteiger partial charge in [0.1, 0.15) is 17.9 Å². The Kier molecular flexibility index (Phi) is 4.58. The molecule has 0 fully saturated rings. The maximum Gasteiger partial charge on any atom is 0.232 e. The smallest absolute Gasteiger partial charge is 0.232 e. The molecule has 6 heteroatoms. The van der Waals surface area contributed by atoms with Gasteiger partial charge in [-0.05, 0) is 36.2 Å². The Morgan fingerprint density at radius 1 is 0.862 bits per heavy atom. The van der Waals surface area contributed by atoms with Gasteiger partial charge >= 0.3 is 0 Å². The third-order valence-corrected chi connectivity index (χ3v) is 4.77. The van der Waals surface area contributed by atoms with Crippen LogP contribution in [0, 0.1) is 0 Å². The van der Waals surface area contributed by atoms with Crippen molar-refractivity contribution >= 4 is 16.9 Å². The first-order valence-electron chi connectivity index (χ1n) is 9.53. The van der Waals surface area contributed by atoms with E-state index in [4.69, 9.17) is 13.3 Å². The van der Waals surface area contributed by atoms with Crippen LogP contribution >= 0.6 is 0 Å². The minimum Gasteiger partial charge on any atom is -0.469 e. The van der Waals surface area contributed by atoms with Crippen LogP contribution in [0.2, 0.25) is 0 Å². The van der Waals surface area contributed by atoms with E-state index in [0.717, 1.165) is 47.5 Å². The molecule has 0 atom stereocenters. The summed E-state index contributed by atoms with van der Waals surface area (Å²) in [5.74, 6) is 3.03. The Morgan fingerprint density at radius 2 is 1.72 bits per heavy atom. The predicted molar refractivity (Wildman–Crippen MR) is 110 cm³/mol. The summed E-state index contributed by atoms with van der Waals surface area (Å²) in [6, 6.07) is 17.7. The highest BCUT2D eigenvalue weighted by molar-refractivity contribution is 6.05. The molecular formula is C23H19N3O3. The van der Waals surface area contributed by atoms with Gasteiger partial charge < -0.3 is 18.6 Å². The Balaban J connectivity index is 1.53. The van der Waals surface area contributed by atoms with E-state index < -0.39 is 0 Å². The lowest BCUT2D eigenvalue weighted by Crippen LogP contribution is -2.05. The molecule has 0 saturated carbocycles. The first-order valence-corrected chi connectivity index (χ1v) is 9.53. The molecule has 0 aliphatic carbocycles. The number of aromatic nitrogens is 2. The summed E-state index contributed by atoms with van der Waals surface area (Å²) in [4.78, 5) is 8.84. The summed E-state index contributed by atoms with van der Waals surface area (Å²) in [5, 5.41) is 4.29. The van der Waals surface area contributed by atoms with Crippen molar-refractivity contribution in [1.82, 2.24) is 9.97 Å². The molecular weight excluding hydrogens is 366 g/mol. The van der Waals surface area contributed by atoms with Gasteiger partial charge in [0.25, 0.3) is 0 Å². The number of hydrogen-bond acceptors (Lipinski definition) is 6. The zero-order valence-electron chi connectivity index (χ0n) is 15.7. The Hall–Kier alpha value is -3.80. The van der Waals surface area contributed by atoms with Crippen LogP contribution in [0.5, 0.6) is 0 Å². The normalized spacial score (nSPS) is 11.2. The van der Waals surface area contributed by atoms with E-state index in [1.54, 1.807) is 12.5 Å². The number of aryl methyl sites for hydroxylation is 1. The van der Waals surface area contributed by atoms with E-state index in [-0.39, 0.29) is 0 Å². The molecule has 0 bridgehead atoms. The lowest BCUT2D eigenvalue weighted by Gasteiger charge is -2.07. The largest absolute Gasteiger partial charge is 0.469 e. The molecule has 0 saturated heterocycles. The number of benzene rings is 1. The fourth-order valence-corrected chi connectivity index (χ4v) is 3.45. The van der Waals surface area contributed by atoms with Gasteiger partial charge in [0.2, 0.25) is 5.71 Å². The third-order valence-electron chi connectivity index (χ3n) is 4.77. The van der Waals surface area contributed by atoms with Crippen molar-refractivity contribution in [3.05, 3.63) is 79.2 Å². The molecule has 5 aromatic rings. The number of nitrogens with zero attached hydrogens (tertiary/aromatic N) is 2. The van der Waals surface area contributed by atoms with Crippen LogP contribution in [0.1, 0.15) is 12.2 Å². The van der Waals surface area contributed by atoms with Crippen molar-refractivity contribution in [3.8, 4) is 22.6 Å². The molecule has 1 aromatic carbocycles. The number of furan rings is 3. The van der Waals surface area contributed by atoms with Crippen molar-refractivity contribution in [1.29, 1.82) is 0 Å². The summed E-state index contributed by atoms with van der Waals surface area (Å²) in [6.45, 7) is 0.752. The zero-order valence-corrected chi connectivity index (χ0v) is 15.7. The number of rotatable bonds is 7. The molecule has 0 aliphatic heterocycles. The number of hydrogen-bond donors (Lipinski definition) is 1.